The van der Waals surface area contributed by atoms with Gasteiger partial charge in [0.25, 0.3) is 0 Å². The fourth-order valence-corrected chi connectivity index (χ4v) is 5.67. The van der Waals surface area contributed by atoms with Crippen molar-refractivity contribution in [2.24, 2.45) is 0 Å². The van der Waals surface area contributed by atoms with Crippen LogP contribution in [0.4, 0.5) is 23.2 Å². The molecule has 0 N–H and O–H groups in total. The highest BCUT2D eigenvalue weighted by atomic mass is 19.2. The third-order valence-electron chi connectivity index (χ3n) is 7.54. The van der Waals surface area contributed by atoms with Gasteiger partial charge in [0.05, 0.1) is 0 Å². The summed E-state index contributed by atoms with van der Waals surface area (Å²) < 4.78 is 64.7. The number of halogens is 4. The molecule has 3 aromatic rings. The van der Waals surface area contributed by atoms with Crippen LogP contribution in [-0.2, 0) is 0 Å². The first-order valence-corrected chi connectivity index (χ1v) is 12.2. The fourth-order valence-electron chi connectivity index (χ4n) is 5.67. The molecule has 0 radical (unpaired) electrons. The van der Waals surface area contributed by atoms with E-state index in [2.05, 4.69) is 4.90 Å². The van der Waals surface area contributed by atoms with Crippen LogP contribution in [0.3, 0.4) is 0 Å². The number of ether oxygens (including phenoxy) is 1. The Balaban J connectivity index is 1.66. The van der Waals surface area contributed by atoms with Crippen molar-refractivity contribution in [3.05, 3.63) is 86.8 Å². The lowest BCUT2D eigenvalue weighted by molar-refractivity contribution is 0.404. The van der Waals surface area contributed by atoms with Gasteiger partial charge in [0, 0.05) is 46.8 Å². The zero-order valence-corrected chi connectivity index (χ0v) is 19.5. The Kier molecular flexibility index (Phi) is 5.35. The van der Waals surface area contributed by atoms with Gasteiger partial charge in [0.1, 0.15) is 11.5 Å². The van der Waals surface area contributed by atoms with Crippen molar-refractivity contribution in [2.45, 2.75) is 45.4 Å². The highest BCUT2D eigenvalue weighted by Crippen LogP contribution is 2.41. The van der Waals surface area contributed by atoms with Gasteiger partial charge in [-0.05, 0) is 80.5 Å². The maximum absolute atomic E-state index is 15.3. The minimum Gasteiger partial charge on any atom is -0.456 e. The van der Waals surface area contributed by atoms with E-state index in [1.54, 1.807) is 6.07 Å². The normalized spacial score (nSPS) is 17.0. The Hall–Kier alpha value is -3.28. The largest absolute Gasteiger partial charge is 0.456 e. The van der Waals surface area contributed by atoms with Crippen molar-refractivity contribution in [1.82, 2.24) is 0 Å². The van der Waals surface area contributed by atoms with Crippen molar-refractivity contribution in [3.63, 3.8) is 0 Å². The van der Waals surface area contributed by atoms with Gasteiger partial charge in [0.2, 0.25) is 0 Å². The molecule has 2 aliphatic heterocycles. The molecule has 3 aromatic carbocycles. The van der Waals surface area contributed by atoms with Crippen molar-refractivity contribution in [3.8, 4) is 11.5 Å². The second kappa shape index (κ2) is 8.43. The molecule has 2 fully saturated rings. The standard InChI is InChI=1S/C29H25F4NO/c1-16-24(27(31)29(33)28(32)26(16)30)25-20-10-8-18(17-6-2-3-7-17)14-22(20)35-23-15-19(9-11-21(23)25)34-12-4-5-13-34/h8-11,14-15H,2-7,12-13H2,1H3. The molecule has 1 saturated heterocycles. The van der Waals surface area contributed by atoms with Crippen molar-refractivity contribution in [1.29, 1.82) is 0 Å². The predicted molar refractivity (Wildman–Crippen MR) is 128 cm³/mol. The van der Waals surface area contributed by atoms with Crippen molar-refractivity contribution < 1.29 is 22.3 Å². The molecule has 3 aliphatic rings. The summed E-state index contributed by atoms with van der Waals surface area (Å²) >= 11 is 0. The van der Waals surface area contributed by atoms with Crippen LogP contribution in [0.25, 0.3) is 11.1 Å². The number of hydrogen-bond donors (Lipinski definition) is 0. The number of benzene rings is 3. The molecule has 0 aromatic heterocycles. The van der Waals surface area contributed by atoms with Gasteiger partial charge in [0.15, 0.2) is 23.3 Å². The summed E-state index contributed by atoms with van der Waals surface area (Å²) in [6.07, 6.45) is 6.55. The molecular weight excluding hydrogens is 454 g/mol. The third-order valence-corrected chi connectivity index (χ3v) is 7.54. The fraction of sp³-hybridized carbons (Fsp3) is 0.310. The Bertz CT molecular complexity index is 1450. The van der Waals surface area contributed by atoms with Crippen LogP contribution in [-0.4, -0.2) is 13.1 Å². The minimum absolute atomic E-state index is 0.270. The summed E-state index contributed by atoms with van der Waals surface area (Å²) in [6.45, 7) is 3.16. The quantitative estimate of drug-likeness (QED) is 0.192. The molecule has 35 heavy (non-hydrogen) atoms. The van der Waals surface area contributed by atoms with E-state index in [4.69, 9.17) is 4.74 Å². The van der Waals surface area contributed by atoms with Gasteiger partial charge in [-0.15, -0.1) is 0 Å². The Morgan fingerprint density at radius 3 is 2.20 bits per heavy atom. The number of fused-ring (bicyclic) bond motifs is 2. The minimum atomic E-state index is -1.81. The molecule has 180 valence electrons. The van der Waals surface area contributed by atoms with E-state index in [1.807, 2.05) is 30.3 Å². The number of nitrogens with zero attached hydrogens (tertiary/aromatic N) is 1. The van der Waals surface area contributed by atoms with Crippen molar-refractivity contribution >= 4 is 16.8 Å². The molecule has 0 amide bonds. The van der Waals surface area contributed by atoms with Crippen LogP contribution in [0.2, 0.25) is 0 Å². The van der Waals surface area contributed by atoms with E-state index in [1.165, 1.54) is 12.5 Å². The predicted octanol–water partition coefficient (Wildman–Crippen LogP) is 6.23. The third kappa shape index (κ3) is 3.53. The second-order valence-corrected chi connectivity index (χ2v) is 9.63. The SMILES string of the molecule is Cc1c(F)c(F)c(F)c(F)c1C1=c2ccc(=C3CCCC3)cc2Oc2cc(N3CCCC3)ccc21. The van der Waals surface area contributed by atoms with Gasteiger partial charge in [-0.2, -0.15) is 0 Å². The summed E-state index contributed by atoms with van der Waals surface area (Å²) in [7, 11) is 0. The average molecular weight is 480 g/mol. The molecule has 6 heteroatoms. The van der Waals surface area contributed by atoms with Gasteiger partial charge in [-0.1, -0.05) is 11.6 Å². The summed E-state index contributed by atoms with van der Waals surface area (Å²) in [5, 5.41) is 1.59. The van der Waals surface area contributed by atoms with Crippen LogP contribution >= 0.6 is 0 Å². The first kappa shape index (κ1) is 22.2. The molecule has 0 atom stereocenters. The summed E-state index contributed by atoms with van der Waals surface area (Å²) in [5.41, 5.74) is 2.62. The Labute approximate surface area is 201 Å². The molecule has 1 aliphatic carbocycles. The smallest absolute Gasteiger partial charge is 0.198 e. The number of anilines is 1. The zero-order chi connectivity index (χ0) is 24.3. The molecule has 2 heterocycles. The topological polar surface area (TPSA) is 12.5 Å². The maximum Gasteiger partial charge on any atom is 0.198 e. The lowest BCUT2D eigenvalue weighted by atomic mass is 9.89. The molecule has 2 nitrogen and oxygen atoms in total. The molecule has 0 bridgehead atoms. The lowest BCUT2D eigenvalue weighted by Gasteiger charge is -2.25. The van der Waals surface area contributed by atoms with Gasteiger partial charge >= 0.3 is 0 Å². The van der Waals surface area contributed by atoms with Crippen LogP contribution in [0.5, 0.6) is 11.5 Å². The first-order valence-electron chi connectivity index (χ1n) is 12.2. The Morgan fingerprint density at radius 2 is 1.46 bits per heavy atom. The molecular formula is C29H25F4NO. The average Bonchev–Trinajstić information content (AvgIpc) is 3.60. The van der Waals surface area contributed by atoms with Gasteiger partial charge in [-0.3, -0.25) is 0 Å². The highest BCUT2D eigenvalue weighted by molar-refractivity contribution is 5.87. The van der Waals surface area contributed by atoms with E-state index in [0.29, 0.717) is 27.9 Å². The highest BCUT2D eigenvalue weighted by Gasteiger charge is 2.30. The molecule has 0 unspecified atom stereocenters. The maximum atomic E-state index is 15.3. The summed E-state index contributed by atoms with van der Waals surface area (Å²) in [4.78, 5) is 2.26. The van der Waals surface area contributed by atoms with Crippen LogP contribution in [0, 0.1) is 30.2 Å². The summed E-state index contributed by atoms with van der Waals surface area (Å²) in [5.74, 6) is -5.38. The summed E-state index contributed by atoms with van der Waals surface area (Å²) in [6, 6.07) is 11.3. The van der Waals surface area contributed by atoms with Crippen molar-refractivity contribution in [2.75, 3.05) is 18.0 Å². The van der Waals surface area contributed by atoms with E-state index in [0.717, 1.165) is 62.5 Å². The van der Waals surface area contributed by atoms with E-state index < -0.39 is 23.3 Å². The first-order chi connectivity index (χ1) is 16.9. The molecule has 6 rings (SSSR count). The van der Waals surface area contributed by atoms with Crippen LogP contribution in [0.1, 0.15) is 55.2 Å². The number of hydrogen-bond acceptors (Lipinski definition) is 2. The van der Waals surface area contributed by atoms with Gasteiger partial charge in [-0.25, -0.2) is 17.6 Å². The van der Waals surface area contributed by atoms with Crippen LogP contribution in [0.15, 0.2) is 36.4 Å². The monoisotopic (exact) mass is 479 g/mol. The zero-order valence-electron chi connectivity index (χ0n) is 19.5. The lowest BCUT2D eigenvalue weighted by Crippen LogP contribution is -2.23. The molecule has 1 saturated carbocycles. The second-order valence-electron chi connectivity index (χ2n) is 9.63. The van der Waals surface area contributed by atoms with E-state index in [9.17, 15) is 13.2 Å². The van der Waals surface area contributed by atoms with E-state index in [-0.39, 0.29) is 11.1 Å². The number of rotatable bonds is 2. The van der Waals surface area contributed by atoms with Gasteiger partial charge < -0.3 is 9.64 Å². The van der Waals surface area contributed by atoms with E-state index >= 15 is 4.39 Å². The Morgan fingerprint density at radius 1 is 0.743 bits per heavy atom. The molecule has 0 spiro atoms. The van der Waals surface area contributed by atoms with Crippen LogP contribution < -0.4 is 20.1 Å².